The summed E-state index contributed by atoms with van der Waals surface area (Å²) in [6.45, 7) is 2.75. The zero-order chi connectivity index (χ0) is 15.0. The van der Waals surface area contributed by atoms with Crippen LogP contribution in [0.25, 0.3) is 0 Å². The van der Waals surface area contributed by atoms with Crippen LogP contribution in [0.2, 0.25) is 5.02 Å². The van der Waals surface area contributed by atoms with E-state index in [1.54, 1.807) is 0 Å². The molecule has 0 radical (unpaired) electrons. The molecular weight excluding hydrogens is 306 g/mol. The van der Waals surface area contributed by atoms with Gasteiger partial charge in [-0.3, -0.25) is 4.79 Å². The first-order chi connectivity index (χ1) is 10.0. The Balaban J connectivity index is 1.57. The molecule has 0 aromatic heterocycles. The topological polar surface area (TPSA) is 44.4 Å². The van der Waals surface area contributed by atoms with Crippen LogP contribution in [0.15, 0.2) is 18.2 Å². The van der Waals surface area contributed by atoms with Crippen LogP contribution in [0.5, 0.6) is 0 Å². The van der Waals surface area contributed by atoms with Gasteiger partial charge in [0.15, 0.2) is 5.11 Å². The predicted octanol–water partition coefficient (Wildman–Crippen LogP) is 2.70. The maximum Gasteiger partial charge on any atom is 0.225 e. The highest BCUT2D eigenvalue weighted by Gasteiger charge is 2.39. The van der Waals surface area contributed by atoms with Crippen molar-refractivity contribution in [2.75, 3.05) is 11.9 Å². The molecule has 1 amide bonds. The molecule has 1 heterocycles. The molecule has 1 atom stereocenters. The van der Waals surface area contributed by atoms with Gasteiger partial charge in [0, 0.05) is 29.7 Å². The lowest BCUT2D eigenvalue weighted by atomic mass is 10.2. The second kappa shape index (κ2) is 5.81. The van der Waals surface area contributed by atoms with E-state index in [9.17, 15) is 4.79 Å². The number of rotatable bonds is 3. The second-order valence-electron chi connectivity index (χ2n) is 5.74. The van der Waals surface area contributed by atoms with E-state index in [0.717, 1.165) is 30.6 Å². The monoisotopic (exact) mass is 323 g/mol. The Morgan fingerprint density at radius 2 is 2.19 bits per heavy atom. The maximum absolute atomic E-state index is 11.9. The number of anilines is 1. The molecule has 1 aromatic carbocycles. The van der Waals surface area contributed by atoms with E-state index < -0.39 is 0 Å². The summed E-state index contributed by atoms with van der Waals surface area (Å²) >= 11 is 11.3. The van der Waals surface area contributed by atoms with Crippen molar-refractivity contribution >= 4 is 40.5 Å². The van der Waals surface area contributed by atoms with Crippen molar-refractivity contribution in [3.63, 3.8) is 0 Å². The van der Waals surface area contributed by atoms with E-state index in [2.05, 4.69) is 10.6 Å². The molecule has 6 heteroatoms. The minimum atomic E-state index is 0.0950. The van der Waals surface area contributed by atoms with Crippen LogP contribution in [0.4, 0.5) is 5.69 Å². The molecule has 1 saturated carbocycles. The van der Waals surface area contributed by atoms with E-state index >= 15 is 0 Å². The first-order valence-electron chi connectivity index (χ1n) is 7.16. The summed E-state index contributed by atoms with van der Waals surface area (Å²) in [5.41, 5.74) is 1.97. The number of halogens is 1. The highest BCUT2D eigenvalue weighted by atomic mass is 35.5. The second-order valence-corrected chi connectivity index (χ2v) is 6.58. The van der Waals surface area contributed by atoms with Gasteiger partial charge >= 0.3 is 0 Å². The summed E-state index contributed by atoms with van der Waals surface area (Å²) in [5.74, 6) is 0.233. The lowest BCUT2D eigenvalue weighted by molar-refractivity contribution is -0.128. The first kappa shape index (κ1) is 14.6. The van der Waals surface area contributed by atoms with Gasteiger partial charge in [-0.1, -0.05) is 17.7 Å². The zero-order valence-corrected chi connectivity index (χ0v) is 13.4. The van der Waals surface area contributed by atoms with Crippen LogP contribution in [0.1, 0.15) is 24.8 Å². The Hall–Kier alpha value is -1.33. The Morgan fingerprint density at radius 3 is 2.90 bits per heavy atom. The van der Waals surface area contributed by atoms with Crippen molar-refractivity contribution in [3.05, 3.63) is 28.8 Å². The smallest absolute Gasteiger partial charge is 0.225 e. The minimum Gasteiger partial charge on any atom is -0.357 e. The lowest BCUT2D eigenvalue weighted by Crippen LogP contribution is -2.40. The van der Waals surface area contributed by atoms with Gasteiger partial charge in [0.2, 0.25) is 5.91 Å². The highest BCUT2D eigenvalue weighted by molar-refractivity contribution is 7.80. The summed E-state index contributed by atoms with van der Waals surface area (Å²) in [6, 6.07) is 6.21. The van der Waals surface area contributed by atoms with Crippen LogP contribution in [-0.4, -0.2) is 34.5 Å². The average Bonchev–Trinajstić information content (AvgIpc) is 3.19. The van der Waals surface area contributed by atoms with Crippen LogP contribution in [0.3, 0.4) is 0 Å². The van der Waals surface area contributed by atoms with Gasteiger partial charge in [-0.2, -0.15) is 0 Å². The van der Waals surface area contributed by atoms with E-state index in [0.29, 0.717) is 22.6 Å². The summed E-state index contributed by atoms with van der Waals surface area (Å²) in [5, 5.41) is 7.60. The molecule has 0 bridgehead atoms. The number of likely N-dealkylation sites (tertiary alicyclic amines) is 1. The molecule has 2 aliphatic rings. The minimum absolute atomic E-state index is 0.0950. The average molecular weight is 324 g/mol. The van der Waals surface area contributed by atoms with Gasteiger partial charge in [-0.15, -0.1) is 0 Å². The molecule has 0 spiro atoms. The fourth-order valence-corrected chi connectivity index (χ4v) is 3.09. The summed E-state index contributed by atoms with van der Waals surface area (Å²) < 4.78 is 0. The molecule has 112 valence electrons. The van der Waals surface area contributed by atoms with Gasteiger partial charge in [0.25, 0.3) is 0 Å². The zero-order valence-electron chi connectivity index (χ0n) is 11.9. The van der Waals surface area contributed by atoms with Crippen molar-refractivity contribution in [2.45, 2.75) is 38.3 Å². The number of nitrogens with zero attached hydrogens (tertiary/aromatic N) is 1. The third-order valence-corrected chi connectivity index (χ3v) is 4.38. The first-order valence-corrected chi connectivity index (χ1v) is 7.94. The fraction of sp³-hybridized carbons (Fsp3) is 0.467. The van der Waals surface area contributed by atoms with E-state index in [4.69, 9.17) is 23.8 Å². The Bertz CT molecular complexity index is 588. The molecule has 1 aliphatic carbocycles. The molecule has 4 nitrogen and oxygen atoms in total. The van der Waals surface area contributed by atoms with Crippen molar-refractivity contribution < 1.29 is 4.79 Å². The number of carbonyl (C=O) groups is 1. The molecule has 3 rings (SSSR count). The lowest BCUT2D eigenvalue weighted by Gasteiger charge is -2.18. The molecule has 21 heavy (non-hydrogen) atoms. The highest BCUT2D eigenvalue weighted by Crippen LogP contribution is 2.30. The Kier molecular flexibility index (Phi) is 4.04. The molecule has 1 saturated heterocycles. The van der Waals surface area contributed by atoms with Gasteiger partial charge in [-0.05, 0) is 49.7 Å². The van der Waals surface area contributed by atoms with E-state index in [1.165, 1.54) is 0 Å². The largest absolute Gasteiger partial charge is 0.357 e. The number of benzene rings is 1. The van der Waals surface area contributed by atoms with Gasteiger partial charge < -0.3 is 15.5 Å². The van der Waals surface area contributed by atoms with Crippen molar-refractivity contribution in [2.24, 2.45) is 0 Å². The number of aryl methyl sites for hydroxylation is 1. The molecule has 1 aromatic rings. The van der Waals surface area contributed by atoms with Gasteiger partial charge in [0.1, 0.15) is 0 Å². The normalized spacial score (nSPS) is 21.5. The van der Waals surface area contributed by atoms with Crippen molar-refractivity contribution in [1.82, 2.24) is 10.2 Å². The Morgan fingerprint density at radius 1 is 1.43 bits per heavy atom. The van der Waals surface area contributed by atoms with Crippen LogP contribution < -0.4 is 10.6 Å². The van der Waals surface area contributed by atoms with E-state index in [-0.39, 0.29) is 11.9 Å². The number of carbonyl (C=O) groups excluding carboxylic acids is 1. The SMILES string of the molecule is Cc1ccc(Cl)cc1NC(=S)NC1CC(=O)N(C2CC2)C1. The van der Waals surface area contributed by atoms with Crippen LogP contribution in [-0.2, 0) is 4.79 Å². The number of hydrogen-bond acceptors (Lipinski definition) is 2. The molecular formula is C15H18ClN3OS. The summed E-state index contributed by atoms with van der Waals surface area (Å²) in [6.07, 6.45) is 2.80. The Labute approximate surface area is 134 Å². The van der Waals surface area contributed by atoms with Crippen molar-refractivity contribution in [1.29, 1.82) is 0 Å². The fourth-order valence-electron chi connectivity index (χ4n) is 2.64. The van der Waals surface area contributed by atoms with Gasteiger partial charge in [0.05, 0.1) is 6.04 Å². The van der Waals surface area contributed by atoms with Crippen LogP contribution >= 0.6 is 23.8 Å². The quantitative estimate of drug-likeness (QED) is 0.840. The summed E-state index contributed by atoms with van der Waals surface area (Å²) in [4.78, 5) is 13.9. The number of thiocarbonyl (C=S) groups is 1. The molecule has 1 aliphatic heterocycles. The third-order valence-electron chi connectivity index (χ3n) is 3.93. The molecule has 2 fully saturated rings. The summed E-state index contributed by atoms with van der Waals surface area (Å²) in [7, 11) is 0. The third kappa shape index (κ3) is 3.47. The number of amides is 1. The standard InChI is InChI=1S/C15H18ClN3OS/c1-9-2-3-10(16)6-13(9)18-15(21)17-11-7-14(20)19(8-11)12-4-5-12/h2-3,6,11-12H,4-5,7-8H2,1H3,(H2,17,18,21). The molecule has 1 unspecified atom stereocenters. The van der Waals surface area contributed by atoms with Crippen molar-refractivity contribution in [3.8, 4) is 0 Å². The van der Waals surface area contributed by atoms with Gasteiger partial charge in [-0.25, -0.2) is 0 Å². The number of nitrogens with one attached hydrogen (secondary N) is 2. The number of hydrogen-bond donors (Lipinski definition) is 2. The van der Waals surface area contributed by atoms with E-state index in [1.807, 2.05) is 30.0 Å². The predicted molar refractivity (Wildman–Crippen MR) is 88.7 cm³/mol. The van der Waals surface area contributed by atoms with Crippen LogP contribution in [0, 0.1) is 6.92 Å². The molecule has 2 N–H and O–H groups in total. The maximum atomic E-state index is 11.9.